The van der Waals surface area contributed by atoms with Crippen LogP contribution >= 0.6 is 0 Å². The number of aromatic nitrogens is 4. The Bertz CT molecular complexity index is 1220. The summed E-state index contributed by atoms with van der Waals surface area (Å²) in [5.74, 6) is 1.52. The molecule has 8 nitrogen and oxygen atoms in total. The quantitative estimate of drug-likeness (QED) is 0.435. The second kappa shape index (κ2) is 9.90. The van der Waals surface area contributed by atoms with Gasteiger partial charge in [-0.1, -0.05) is 12.1 Å². The number of halogens is 1. The molecular weight excluding hydrogens is 425 g/mol. The van der Waals surface area contributed by atoms with Crippen molar-refractivity contribution in [3.8, 4) is 23.2 Å². The van der Waals surface area contributed by atoms with E-state index in [1.54, 1.807) is 48.0 Å². The van der Waals surface area contributed by atoms with Crippen molar-refractivity contribution in [2.75, 3.05) is 6.61 Å². The molecule has 1 N–H and O–H groups in total. The second-order valence-electron chi connectivity index (χ2n) is 7.10. The van der Waals surface area contributed by atoms with Crippen molar-refractivity contribution < 1.29 is 18.7 Å². The van der Waals surface area contributed by atoms with Crippen LogP contribution in [-0.4, -0.2) is 32.5 Å². The van der Waals surface area contributed by atoms with E-state index in [0.29, 0.717) is 47.6 Å². The summed E-state index contributed by atoms with van der Waals surface area (Å²) in [6, 6.07) is 16.5. The smallest absolute Gasteiger partial charge is 0.255 e. The first-order chi connectivity index (χ1) is 16.0. The molecule has 9 heteroatoms. The first kappa shape index (κ1) is 21.9. The lowest BCUT2D eigenvalue weighted by atomic mass is 10.2. The largest absolute Gasteiger partial charge is 0.477 e. The molecule has 0 spiro atoms. The van der Waals surface area contributed by atoms with Gasteiger partial charge in [-0.2, -0.15) is 5.10 Å². The third-order valence-corrected chi connectivity index (χ3v) is 4.82. The Labute approximate surface area is 190 Å². The van der Waals surface area contributed by atoms with Gasteiger partial charge in [0.05, 0.1) is 24.1 Å². The molecule has 1 amide bonds. The van der Waals surface area contributed by atoms with Crippen molar-refractivity contribution in [1.29, 1.82) is 0 Å². The standard InChI is InChI=1S/C24H22FN5O3/c1-3-32-23-13-12-22(28-29-23)30-16(2)21(15-27-30)24(31)26-14-17-4-8-19(9-5-17)33-20-10-6-18(25)7-11-20/h4-13,15H,3,14H2,1-2H3,(H,26,31). The molecule has 0 aliphatic carbocycles. The third kappa shape index (κ3) is 5.32. The highest BCUT2D eigenvalue weighted by Crippen LogP contribution is 2.22. The summed E-state index contributed by atoms with van der Waals surface area (Å²) in [6.07, 6.45) is 1.50. The van der Waals surface area contributed by atoms with Crippen molar-refractivity contribution in [2.45, 2.75) is 20.4 Å². The van der Waals surface area contributed by atoms with Crippen LogP contribution in [0, 0.1) is 12.7 Å². The van der Waals surface area contributed by atoms with Gasteiger partial charge < -0.3 is 14.8 Å². The number of benzene rings is 2. The van der Waals surface area contributed by atoms with Gasteiger partial charge in [-0.3, -0.25) is 4.79 Å². The summed E-state index contributed by atoms with van der Waals surface area (Å²) < 4.78 is 25.5. The minimum atomic E-state index is -0.318. The van der Waals surface area contributed by atoms with Crippen LogP contribution in [-0.2, 0) is 6.54 Å². The van der Waals surface area contributed by atoms with E-state index < -0.39 is 0 Å². The molecule has 0 unspecified atom stereocenters. The number of rotatable bonds is 8. The summed E-state index contributed by atoms with van der Waals surface area (Å²) in [4.78, 5) is 12.7. The molecule has 168 valence electrons. The molecule has 0 aliphatic heterocycles. The predicted molar refractivity (Wildman–Crippen MR) is 119 cm³/mol. The van der Waals surface area contributed by atoms with Gasteiger partial charge >= 0.3 is 0 Å². The van der Waals surface area contributed by atoms with Crippen molar-refractivity contribution in [3.05, 3.63) is 89.5 Å². The van der Waals surface area contributed by atoms with Gasteiger partial charge in [0.25, 0.3) is 5.91 Å². The topological polar surface area (TPSA) is 91.2 Å². The zero-order valence-corrected chi connectivity index (χ0v) is 18.2. The number of carbonyl (C=O) groups excluding carboxylic acids is 1. The van der Waals surface area contributed by atoms with Crippen LogP contribution in [0.1, 0.15) is 28.5 Å². The minimum Gasteiger partial charge on any atom is -0.477 e. The van der Waals surface area contributed by atoms with Crippen LogP contribution in [0.2, 0.25) is 0 Å². The monoisotopic (exact) mass is 447 g/mol. The van der Waals surface area contributed by atoms with Crippen LogP contribution in [0.3, 0.4) is 0 Å². The first-order valence-corrected chi connectivity index (χ1v) is 10.4. The summed E-state index contributed by atoms with van der Waals surface area (Å²) in [6.45, 7) is 4.50. The Hall–Kier alpha value is -4.27. The molecule has 0 saturated carbocycles. The number of nitrogens with one attached hydrogen (secondary N) is 1. The molecule has 2 aromatic carbocycles. The number of hydrogen-bond acceptors (Lipinski definition) is 6. The average Bonchev–Trinajstić information content (AvgIpc) is 3.22. The Balaban J connectivity index is 1.36. The van der Waals surface area contributed by atoms with Gasteiger partial charge in [0, 0.05) is 12.6 Å². The maximum absolute atomic E-state index is 13.0. The van der Waals surface area contributed by atoms with Crippen molar-refractivity contribution in [1.82, 2.24) is 25.3 Å². The van der Waals surface area contributed by atoms with Crippen LogP contribution in [0.4, 0.5) is 4.39 Å². The average molecular weight is 447 g/mol. The molecule has 0 radical (unpaired) electrons. The molecule has 0 bridgehead atoms. The molecule has 0 aliphatic rings. The first-order valence-electron chi connectivity index (χ1n) is 10.4. The maximum Gasteiger partial charge on any atom is 0.255 e. The van der Waals surface area contributed by atoms with Gasteiger partial charge in [-0.15, -0.1) is 10.2 Å². The van der Waals surface area contributed by atoms with E-state index in [0.717, 1.165) is 5.56 Å². The lowest BCUT2D eigenvalue weighted by Crippen LogP contribution is -2.23. The van der Waals surface area contributed by atoms with Crippen molar-refractivity contribution in [2.24, 2.45) is 0 Å². The molecule has 4 rings (SSSR count). The highest BCUT2D eigenvalue weighted by molar-refractivity contribution is 5.95. The van der Waals surface area contributed by atoms with Crippen LogP contribution in [0.5, 0.6) is 17.4 Å². The van der Waals surface area contributed by atoms with Gasteiger partial charge in [0.15, 0.2) is 5.82 Å². The highest BCUT2D eigenvalue weighted by atomic mass is 19.1. The predicted octanol–water partition coefficient (Wildman–Crippen LogP) is 4.23. The van der Waals surface area contributed by atoms with Crippen LogP contribution in [0.25, 0.3) is 5.82 Å². The fourth-order valence-corrected chi connectivity index (χ4v) is 3.11. The number of nitrogens with zero attached hydrogens (tertiary/aromatic N) is 4. The van der Waals surface area contributed by atoms with Crippen LogP contribution in [0.15, 0.2) is 66.9 Å². The Morgan fingerprint density at radius 2 is 1.70 bits per heavy atom. The minimum absolute atomic E-state index is 0.246. The molecular formula is C24H22FN5O3. The fraction of sp³-hybridized carbons (Fsp3) is 0.167. The zero-order chi connectivity index (χ0) is 23.2. The molecule has 4 aromatic rings. The summed E-state index contributed by atoms with van der Waals surface area (Å²) >= 11 is 0. The normalized spacial score (nSPS) is 10.6. The Morgan fingerprint density at radius 3 is 2.33 bits per heavy atom. The molecule has 2 heterocycles. The Morgan fingerprint density at radius 1 is 1.00 bits per heavy atom. The van der Waals surface area contributed by atoms with E-state index in [-0.39, 0.29) is 11.7 Å². The summed E-state index contributed by atoms with van der Waals surface area (Å²) in [5.41, 5.74) is 1.99. The molecule has 0 fully saturated rings. The maximum atomic E-state index is 13.0. The SMILES string of the molecule is CCOc1ccc(-n2ncc(C(=O)NCc3ccc(Oc4ccc(F)cc4)cc3)c2C)nn1. The molecule has 0 atom stereocenters. The zero-order valence-electron chi connectivity index (χ0n) is 18.2. The van der Waals surface area contributed by atoms with Gasteiger partial charge in [-0.25, -0.2) is 9.07 Å². The highest BCUT2D eigenvalue weighted by Gasteiger charge is 2.16. The Kier molecular flexibility index (Phi) is 6.58. The van der Waals surface area contributed by atoms with E-state index in [2.05, 4.69) is 20.6 Å². The second-order valence-corrected chi connectivity index (χ2v) is 7.10. The molecule has 33 heavy (non-hydrogen) atoms. The lowest BCUT2D eigenvalue weighted by molar-refractivity contribution is 0.0950. The third-order valence-electron chi connectivity index (χ3n) is 4.82. The van der Waals surface area contributed by atoms with E-state index in [1.165, 1.54) is 18.3 Å². The lowest BCUT2D eigenvalue weighted by Gasteiger charge is -2.08. The molecule has 2 aromatic heterocycles. The van der Waals surface area contributed by atoms with E-state index in [1.807, 2.05) is 19.1 Å². The van der Waals surface area contributed by atoms with Gasteiger partial charge in [-0.05, 0) is 61.9 Å². The summed E-state index contributed by atoms with van der Waals surface area (Å²) in [5, 5.41) is 15.3. The van der Waals surface area contributed by atoms with E-state index in [4.69, 9.17) is 9.47 Å². The number of ether oxygens (including phenoxy) is 2. The van der Waals surface area contributed by atoms with Crippen molar-refractivity contribution in [3.63, 3.8) is 0 Å². The van der Waals surface area contributed by atoms with Gasteiger partial charge in [0.1, 0.15) is 17.3 Å². The van der Waals surface area contributed by atoms with Crippen LogP contribution < -0.4 is 14.8 Å². The number of amides is 1. The van der Waals surface area contributed by atoms with E-state index in [9.17, 15) is 9.18 Å². The summed E-state index contributed by atoms with van der Waals surface area (Å²) in [7, 11) is 0. The van der Waals surface area contributed by atoms with E-state index >= 15 is 0 Å². The van der Waals surface area contributed by atoms with Crippen molar-refractivity contribution >= 4 is 5.91 Å². The fourth-order valence-electron chi connectivity index (χ4n) is 3.11. The number of carbonyl (C=O) groups is 1. The van der Waals surface area contributed by atoms with Gasteiger partial charge in [0.2, 0.25) is 5.88 Å². The molecule has 0 saturated heterocycles. The number of hydrogen-bond donors (Lipinski definition) is 1.